The third-order valence-corrected chi connectivity index (χ3v) is 2.82. The normalized spacial score (nSPS) is 42.8. The third kappa shape index (κ3) is 1.65. The summed E-state index contributed by atoms with van der Waals surface area (Å²) in [5.74, 6) is 0.182. The second kappa shape index (κ2) is 2.82. The van der Waals surface area contributed by atoms with Crippen LogP contribution in [0.5, 0.6) is 0 Å². The SMILES string of the molecule is CC1=C[C@H]2OC(C)(C)O[C@H]2[C@H](C)C1. The lowest BCUT2D eigenvalue weighted by molar-refractivity contribution is -0.146. The first-order chi connectivity index (χ1) is 5.98. The van der Waals surface area contributed by atoms with Crippen molar-refractivity contribution in [1.29, 1.82) is 0 Å². The van der Waals surface area contributed by atoms with Crippen molar-refractivity contribution in [2.24, 2.45) is 5.92 Å². The molecule has 1 fully saturated rings. The largest absolute Gasteiger partial charge is 0.344 e. The molecule has 0 aromatic carbocycles. The monoisotopic (exact) mass is 182 g/mol. The zero-order valence-corrected chi connectivity index (χ0v) is 8.83. The highest BCUT2D eigenvalue weighted by atomic mass is 16.7. The molecule has 74 valence electrons. The molecule has 0 N–H and O–H groups in total. The molecule has 0 spiro atoms. The summed E-state index contributed by atoms with van der Waals surface area (Å²) >= 11 is 0. The lowest BCUT2D eigenvalue weighted by Gasteiger charge is -2.26. The maximum absolute atomic E-state index is 5.85. The minimum Gasteiger partial charge on any atom is -0.344 e. The third-order valence-electron chi connectivity index (χ3n) is 2.82. The first kappa shape index (κ1) is 9.22. The highest BCUT2D eigenvalue weighted by Crippen LogP contribution is 2.38. The topological polar surface area (TPSA) is 18.5 Å². The number of hydrogen-bond acceptors (Lipinski definition) is 2. The van der Waals surface area contributed by atoms with Crippen molar-refractivity contribution >= 4 is 0 Å². The summed E-state index contributed by atoms with van der Waals surface area (Å²) < 4.78 is 11.6. The molecule has 0 aromatic rings. The molecule has 2 heteroatoms. The van der Waals surface area contributed by atoms with Crippen LogP contribution < -0.4 is 0 Å². The quantitative estimate of drug-likeness (QED) is 0.536. The Hall–Kier alpha value is -0.340. The van der Waals surface area contributed by atoms with E-state index in [1.54, 1.807) is 0 Å². The van der Waals surface area contributed by atoms with E-state index in [4.69, 9.17) is 9.47 Å². The molecule has 13 heavy (non-hydrogen) atoms. The van der Waals surface area contributed by atoms with Gasteiger partial charge in [0.1, 0.15) is 6.10 Å². The minimum absolute atomic E-state index is 0.179. The molecule has 1 aliphatic heterocycles. The first-order valence-corrected chi connectivity index (χ1v) is 5.01. The summed E-state index contributed by atoms with van der Waals surface area (Å²) in [6.45, 7) is 8.38. The fraction of sp³-hybridized carbons (Fsp3) is 0.818. The van der Waals surface area contributed by atoms with Crippen LogP contribution in [0.25, 0.3) is 0 Å². The molecule has 0 saturated carbocycles. The molecule has 2 aliphatic rings. The van der Waals surface area contributed by atoms with E-state index in [1.165, 1.54) is 5.57 Å². The molecule has 0 bridgehead atoms. The fourth-order valence-corrected chi connectivity index (χ4v) is 2.36. The van der Waals surface area contributed by atoms with Gasteiger partial charge in [-0.25, -0.2) is 0 Å². The zero-order valence-electron chi connectivity index (χ0n) is 8.83. The van der Waals surface area contributed by atoms with Gasteiger partial charge in [0.15, 0.2) is 5.79 Å². The Labute approximate surface area is 79.9 Å². The van der Waals surface area contributed by atoms with Crippen LogP contribution in [0.2, 0.25) is 0 Å². The van der Waals surface area contributed by atoms with Crippen LogP contribution in [0, 0.1) is 5.92 Å². The molecule has 0 aromatic heterocycles. The van der Waals surface area contributed by atoms with Crippen LogP contribution in [-0.4, -0.2) is 18.0 Å². The Kier molecular flexibility index (Phi) is 2.00. The van der Waals surface area contributed by atoms with Gasteiger partial charge in [-0.3, -0.25) is 0 Å². The highest BCUT2D eigenvalue weighted by Gasteiger charge is 2.44. The van der Waals surface area contributed by atoms with Gasteiger partial charge >= 0.3 is 0 Å². The molecule has 1 heterocycles. The number of hydrogen-bond donors (Lipinski definition) is 0. The summed E-state index contributed by atoms with van der Waals surface area (Å²) in [4.78, 5) is 0. The average molecular weight is 182 g/mol. The Bertz CT molecular complexity index is 242. The van der Waals surface area contributed by atoms with Gasteiger partial charge in [0, 0.05) is 0 Å². The van der Waals surface area contributed by atoms with Gasteiger partial charge in [0.05, 0.1) is 6.10 Å². The van der Waals surface area contributed by atoms with Gasteiger partial charge in [-0.1, -0.05) is 18.6 Å². The van der Waals surface area contributed by atoms with Gasteiger partial charge in [0.25, 0.3) is 0 Å². The maximum Gasteiger partial charge on any atom is 0.164 e. The lowest BCUT2D eigenvalue weighted by Crippen LogP contribution is -2.31. The lowest BCUT2D eigenvalue weighted by atomic mass is 9.87. The number of ether oxygens (including phenoxy) is 2. The van der Waals surface area contributed by atoms with Gasteiger partial charge < -0.3 is 9.47 Å². The molecule has 2 nitrogen and oxygen atoms in total. The smallest absolute Gasteiger partial charge is 0.164 e. The molecule has 0 radical (unpaired) electrons. The minimum atomic E-state index is -0.398. The molecule has 0 unspecified atom stereocenters. The second-order valence-corrected chi connectivity index (χ2v) is 4.76. The molecule has 0 amide bonds. The standard InChI is InChI=1S/C11H18O2/c1-7-5-8(2)10-9(6-7)12-11(3,4)13-10/h6,8-10H,5H2,1-4H3/t8-,9-,10+/m1/s1. The van der Waals surface area contributed by atoms with E-state index in [0.29, 0.717) is 5.92 Å². The van der Waals surface area contributed by atoms with Crippen molar-refractivity contribution in [2.75, 3.05) is 0 Å². The summed E-state index contributed by atoms with van der Waals surface area (Å²) in [7, 11) is 0. The van der Waals surface area contributed by atoms with Gasteiger partial charge in [0.2, 0.25) is 0 Å². The Morgan fingerprint density at radius 2 is 2.08 bits per heavy atom. The Balaban J connectivity index is 2.21. The van der Waals surface area contributed by atoms with Crippen molar-refractivity contribution in [3.05, 3.63) is 11.6 Å². The van der Waals surface area contributed by atoms with E-state index in [0.717, 1.165) is 6.42 Å². The molecule has 3 atom stereocenters. The second-order valence-electron chi connectivity index (χ2n) is 4.76. The van der Waals surface area contributed by atoms with Crippen LogP contribution >= 0.6 is 0 Å². The molecular weight excluding hydrogens is 164 g/mol. The fourth-order valence-electron chi connectivity index (χ4n) is 2.36. The highest BCUT2D eigenvalue weighted by molar-refractivity contribution is 5.13. The van der Waals surface area contributed by atoms with Crippen molar-refractivity contribution in [3.63, 3.8) is 0 Å². The van der Waals surface area contributed by atoms with E-state index in [1.807, 2.05) is 13.8 Å². The van der Waals surface area contributed by atoms with Crippen molar-refractivity contribution in [2.45, 2.75) is 52.1 Å². The molecular formula is C11H18O2. The predicted molar refractivity (Wildman–Crippen MR) is 51.4 cm³/mol. The van der Waals surface area contributed by atoms with E-state index < -0.39 is 5.79 Å². The number of allylic oxidation sites excluding steroid dienone is 1. The van der Waals surface area contributed by atoms with E-state index in [-0.39, 0.29) is 12.2 Å². The molecule has 1 aliphatic carbocycles. The summed E-state index contributed by atoms with van der Waals surface area (Å²) in [6, 6.07) is 0. The van der Waals surface area contributed by atoms with Gasteiger partial charge in [-0.2, -0.15) is 0 Å². The van der Waals surface area contributed by atoms with Crippen LogP contribution in [0.15, 0.2) is 11.6 Å². The Morgan fingerprint density at radius 1 is 1.38 bits per heavy atom. The van der Waals surface area contributed by atoms with E-state index >= 15 is 0 Å². The number of fused-ring (bicyclic) bond motifs is 1. The van der Waals surface area contributed by atoms with Crippen LogP contribution in [0.3, 0.4) is 0 Å². The van der Waals surface area contributed by atoms with E-state index in [2.05, 4.69) is 19.9 Å². The molecule has 1 saturated heterocycles. The van der Waals surface area contributed by atoms with Crippen molar-refractivity contribution < 1.29 is 9.47 Å². The van der Waals surface area contributed by atoms with E-state index in [9.17, 15) is 0 Å². The first-order valence-electron chi connectivity index (χ1n) is 5.01. The summed E-state index contributed by atoms with van der Waals surface area (Å²) in [5.41, 5.74) is 1.43. The van der Waals surface area contributed by atoms with Crippen LogP contribution in [0.1, 0.15) is 34.1 Å². The van der Waals surface area contributed by atoms with Crippen LogP contribution in [0.4, 0.5) is 0 Å². The summed E-state index contributed by atoms with van der Waals surface area (Å²) in [6.07, 6.45) is 3.79. The zero-order chi connectivity index (χ0) is 9.64. The van der Waals surface area contributed by atoms with Crippen LogP contribution in [-0.2, 0) is 9.47 Å². The number of rotatable bonds is 0. The Morgan fingerprint density at radius 3 is 2.77 bits per heavy atom. The molecule has 2 rings (SSSR count). The van der Waals surface area contributed by atoms with Crippen molar-refractivity contribution in [1.82, 2.24) is 0 Å². The predicted octanol–water partition coefficient (Wildman–Crippen LogP) is 2.49. The van der Waals surface area contributed by atoms with Gasteiger partial charge in [-0.15, -0.1) is 0 Å². The van der Waals surface area contributed by atoms with Crippen molar-refractivity contribution in [3.8, 4) is 0 Å². The summed E-state index contributed by atoms with van der Waals surface area (Å²) in [5, 5.41) is 0. The maximum atomic E-state index is 5.85. The van der Waals surface area contributed by atoms with Gasteiger partial charge in [-0.05, 0) is 33.1 Å². The average Bonchev–Trinajstić information content (AvgIpc) is 2.23.